The van der Waals surface area contributed by atoms with Crippen LogP contribution >= 0.6 is 0 Å². The number of carbonyl (C=O) groups is 1. The van der Waals surface area contributed by atoms with Crippen molar-refractivity contribution >= 4 is 11.8 Å². The van der Waals surface area contributed by atoms with Crippen molar-refractivity contribution in [1.82, 2.24) is 0 Å². The first kappa shape index (κ1) is 21.5. The van der Waals surface area contributed by atoms with Gasteiger partial charge in [-0.05, 0) is 37.8 Å². The third-order valence-electron chi connectivity index (χ3n) is 4.99. The average molecular weight is 379 g/mol. The Balaban J connectivity index is 1.71. The van der Waals surface area contributed by atoms with Crippen molar-refractivity contribution in [2.75, 3.05) is 38.2 Å². The van der Waals surface area contributed by atoms with Crippen molar-refractivity contribution in [2.24, 2.45) is 0 Å². The molecule has 2 rings (SSSR count). The summed E-state index contributed by atoms with van der Waals surface area (Å²) in [6.07, 6.45) is 8.36. The van der Waals surface area contributed by atoms with E-state index in [0.717, 1.165) is 32.1 Å². The van der Waals surface area contributed by atoms with Crippen LogP contribution in [0.15, 0.2) is 24.3 Å². The Hall–Kier alpha value is -1.79. The third kappa shape index (κ3) is 8.18. The molecule has 1 aromatic carbocycles. The number of hydrogen-bond donors (Lipinski definition) is 1. The Morgan fingerprint density at radius 3 is 2.59 bits per heavy atom. The minimum absolute atomic E-state index is 0.135. The van der Waals surface area contributed by atoms with Crippen LogP contribution in [0.25, 0.3) is 0 Å². The number of anilines is 1. The van der Waals surface area contributed by atoms with Crippen molar-refractivity contribution in [3.8, 4) is 5.75 Å². The number of piperidine rings is 1. The van der Waals surface area contributed by atoms with Gasteiger partial charge in [0.05, 0.1) is 25.4 Å². The van der Waals surface area contributed by atoms with Gasteiger partial charge in [-0.1, -0.05) is 44.7 Å². The molecule has 0 aromatic heterocycles. The molecule has 0 unspecified atom stereocenters. The molecule has 1 N–H and O–H groups in total. The van der Waals surface area contributed by atoms with Crippen LogP contribution in [-0.2, 0) is 4.74 Å². The summed E-state index contributed by atoms with van der Waals surface area (Å²) in [4.78, 5) is 12.1. The summed E-state index contributed by atoms with van der Waals surface area (Å²) in [5.74, 6) is 0.647. The zero-order valence-electron chi connectivity index (χ0n) is 16.6. The number of nitrogens with zero attached hydrogens (tertiary/aromatic N) is 1. The molecule has 1 amide bonds. The van der Waals surface area contributed by atoms with Gasteiger partial charge in [0.1, 0.15) is 18.9 Å². The molecular weight excluding hydrogens is 344 g/mol. The number of nitrogens with one attached hydrogen (secondary N) is 1. The number of quaternary nitrogens is 1. The van der Waals surface area contributed by atoms with Gasteiger partial charge in [-0.2, -0.15) is 0 Å². The van der Waals surface area contributed by atoms with E-state index in [2.05, 4.69) is 12.2 Å². The van der Waals surface area contributed by atoms with Crippen LogP contribution in [0, 0.1) is 5.21 Å². The van der Waals surface area contributed by atoms with Crippen LogP contribution in [-0.4, -0.2) is 43.6 Å². The molecular formula is C21H34N2O4. The molecule has 0 atom stereocenters. The molecule has 0 radical (unpaired) electrons. The van der Waals surface area contributed by atoms with Gasteiger partial charge >= 0.3 is 6.09 Å². The summed E-state index contributed by atoms with van der Waals surface area (Å²) in [5.41, 5.74) is 0.597. The second-order valence-electron chi connectivity index (χ2n) is 7.31. The van der Waals surface area contributed by atoms with E-state index < -0.39 is 6.09 Å². The van der Waals surface area contributed by atoms with E-state index in [1.165, 1.54) is 19.3 Å². The number of hydroxylamine groups is 3. The second kappa shape index (κ2) is 11.8. The molecule has 0 saturated carbocycles. The lowest BCUT2D eigenvalue weighted by atomic mass is 10.1. The molecule has 27 heavy (non-hydrogen) atoms. The number of likely N-dealkylation sites (tertiary alicyclic amines) is 1. The zero-order chi connectivity index (χ0) is 19.4. The highest BCUT2D eigenvalue weighted by molar-refractivity contribution is 5.86. The molecule has 1 fully saturated rings. The normalized spacial score (nSPS) is 15.9. The first-order valence-electron chi connectivity index (χ1n) is 10.4. The molecule has 6 heteroatoms. The lowest BCUT2D eigenvalue weighted by molar-refractivity contribution is -0.885. The molecule has 152 valence electrons. The number of rotatable bonds is 11. The summed E-state index contributed by atoms with van der Waals surface area (Å²) in [7, 11) is 0. The number of amides is 1. The first-order chi connectivity index (χ1) is 13.1. The van der Waals surface area contributed by atoms with Gasteiger partial charge in [0, 0.05) is 0 Å². The Labute approximate surface area is 163 Å². The maximum atomic E-state index is 12.4. The highest BCUT2D eigenvalue weighted by Gasteiger charge is 2.21. The fraction of sp³-hybridized carbons (Fsp3) is 0.667. The third-order valence-corrected chi connectivity index (χ3v) is 4.99. The lowest BCUT2D eigenvalue weighted by Crippen LogP contribution is -2.48. The maximum Gasteiger partial charge on any atom is 0.411 e. The summed E-state index contributed by atoms with van der Waals surface area (Å²) >= 11 is 0. The SMILES string of the molecule is CCCCCCCOc1ccccc1NC(=O)OCC[N+]1([O-])CCCCC1. The van der Waals surface area contributed by atoms with Crippen molar-refractivity contribution in [1.29, 1.82) is 0 Å². The van der Waals surface area contributed by atoms with Gasteiger partial charge in [0.25, 0.3) is 0 Å². The Kier molecular flexibility index (Phi) is 9.42. The van der Waals surface area contributed by atoms with Gasteiger partial charge < -0.3 is 19.3 Å². The molecule has 6 nitrogen and oxygen atoms in total. The van der Waals surface area contributed by atoms with Crippen molar-refractivity contribution in [3.05, 3.63) is 29.5 Å². The van der Waals surface area contributed by atoms with Crippen LogP contribution in [0.3, 0.4) is 0 Å². The number of ether oxygens (including phenoxy) is 2. The van der Waals surface area contributed by atoms with E-state index >= 15 is 0 Å². The fourth-order valence-corrected chi connectivity index (χ4v) is 3.35. The van der Waals surface area contributed by atoms with Crippen molar-refractivity contribution in [2.45, 2.75) is 58.3 Å². The Morgan fingerprint density at radius 1 is 1.07 bits per heavy atom. The number of benzene rings is 1. The van der Waals surface area contributed by atoms with E-state index in [-0.39, 0.29) is 11.3 Å². The van der Waals surface area contributed by atoms with Crippen LogP contribution < -0.4 is 10.1 Å². The summed E-state index contributed by atoms with van der Waals surface area (Å²) in [5, 5.41) is 15.2. The van der Waals surface area contributed by atoms with E-state index in [1.54, 1.807) is 6.07 Å². The van der Waals surface area contributed by atoms with Crippen LogP contribution in [0.1, 0.15) is 58.3 Å². The zero-order valence-corrected chi connectivity index (χ0v) is 16.6. The van der Waals surface area contributed by atoms with E-state index in [0.29, 0.717) is 37.7 Å². The summed E-state index contributed by atoms with van der Waals surface area (Å²) in [6, 6.07) is 7.35. The fourth-order valence-electron chi connectivity index (χ4n) is 3.35. The highest BCUT2D eigenvalue weighted by Crippen LogP contribution is 2.24. The minimum atomic E-state index is -0.544. The number of hydrogen-bond acceptors (Lipinski definition) is 4. The molecule has 0 aliphatic carbocycles. The standard InChI is InChI=1S/C21H34N2O4/c1-2-3-4-5-11-17-26-20-13-8-7-12-19(20)22-21(24)27-18-16-23(25)14-9-6-10-15-23/h7-8,12-13H,2-6,9-11,14-18H2,1H3,(H,22,24). The maximum absolute atomic E-state index is 12.4. The van der Waals surface area contributed by atoms with E-state index in [1.807, 2.05) is 18.2 Å². The molecule has 1 aliphatic rings. The number of unbranched alkanes of at least 4 members (excludes halogenated alkanes) is 4. The minimum Gasteiger partial charge on any atom is -0.633 e. The number of carbonyl (C=O) groups excluding carboxylic acids is 1. The van der Waals surface area contributed by atoms with Crippen LogP contribution in [0.5, 0.6) is 5.75 Å². The molecule has 1 heterocycles. The molecule has 1 aromatic rings. The summed E-state index contributed by atoms with van der Waals surface area (Å²) in [6.45, 7) is 4.54. The Bertz CT molecular complexity index is 559. The monoisotopic (exact) mass is 378 g/mol. The second-order valence-corrected chi connectivity index (χ2v) is 7.31. The van der Waals surface area contributed by atoms with E-state index in [4.69, 9.17) is 9.47 Å². The Morgan fingerprint density at radius 2 is 1.81 bits per heavy atom. The first-order valence-corrected chi connectivity index (χ1v) is 10.4. The van der Waals surface area contributed by atoms with Crippen molar-refractivity contribution < 1.29 is 18.9 Å². The quantitative estimate of drug-likeness (QED) is 0.331. The average Bonchev–Trinajstić information content (AvgIpc) is 2.66. The number of para-hydroxylation sites is 2. The van der Waals surface area contributed by atoms with Crippen LogP contribution in [0.4, 0.5) is 10.5 Å². The highest BCUT2D eigenvalue weighted by atomic mass is 16.6. The molecule has 1 aliphatic heterocycles. The molecule has 0 bridgehead atoms. The molecule has 1 saturated heterocycles. The van der Waals surface area contributed by atoms with Gasteiger partial charge in [-0.3, -0.25) is 5.32 Å². The lowest BCUT2D eigenvalue weighted by Gasteiger charge is -2.45. The van der Waals surface area contributed by atoms with Gasteiger partial charge in [-0.15, -0.1) is 0 Å². The predicted molar refractivity (Wildman–Crippen MR) is 108 cm³/mol. The smallest absolute Gasteiger partial charge is 0.411 e. The topological polar surface area (TPSA) is 70.6 Å². The molecule has 0 spiro atoms. The van der Waals surface area contributed by atoms with Crippen molar-refractivity contribution in [3.63, 3.8) is 0 Å². The van der Waals surface area contributed by atoms with Gasteiger partial charge in [-0.25, -0.2) is 4.79 Å². The van der Waals surface area contributed by atoms with Crippen LogP contribution in [0.2, 0.25) is 0 Å². The van der Waals surface area contributed by atoms with Gasteiger partial charge in [0.15, 0.2) is 0 Å². The summed E-state index contributed by atoms with van der Waals surface area (Å²) < 4.78 is 10.8. The van der Waals surface area contributed by atoms with Gasteiger partial charge in [0.2, 0.25) is 0 Å². The predicted octanol–water partition coefficient (Wildman–Crippen LogP) is 5.08. The largest absolute Gasteiger partial charge is 0.633 e. The van der Waals surface area contributed by atoms with E-state index in [9.17, 15) is 10.0 Å².